The zero-order chi connectivity index (χ0) is 16.5. The number of aryl methyl sites for hydroxylation is 1. The van der Waals surface area contributed by atoms with Crippen LogP contribution in [0.15, 0.2) is 59.5 Å². The molecule has 0 bridgehead atoms. The summed E-state index contributed by atoms with van der Waals surface area (Å²) in [6.45, 7) is 2.61. The normalized spacial score (nSPS) is 11.1. The molecule has 0 amide bonds. The number of rotatable bonds is 4. The number of hydrogen-bond acceptors (Lipinski definition) is 4. The molecule has 0 fully saturated rings. The molecule has 2 aromatic carbocycles. The topological polar surface area (TPSA) is 55.9 Å². The maximum absolute atomic E-state index is 13.2. The number of hydrogen-bond donors (Lipinski definition) is 1. The van der Waals surface area contributed by atoms with Crippen LogP contribution in [0, 0.1) is 12.7 Å². The molecule has 0 radical (unpaired) electrons. The first-order valence-corrected chi connectivity index (χ1v) is 7.57. The lowest BCUT2D eigenvalue weighted by molar-refractivity contribution is 0.610. The molecular formula is C18H15FN4O. The Kier molecular flexibility index (Phi) is 3.49. The van der Waals surface area contributed by atoms with Gasteiger partial charge < -0.3 is 14.3 Å². The summed E-state index contributed by atoms with van der Waals surface area (Å²) < 4.78 is 20.7. The van der Waals surface area contributed by atoms with Crippen molar-refractivity contribution in [2.24, 2.45) is 0 Å². The van der Waals surface area contributed by atoms with Gasteiger partial charge in [-0.1, -0.05) is 12.1 Å². The van der Waals surface area contributed by atoms with Crippen LogP contribution in [0.4, 0.5) is 10.4 Å². The molecule has 1 N–H and O–H groups in total. The van der Waals surface area contributed by atoms with E-state index in [1.165, 1.54) is 12.1 Å². The van der Waals surface area contributed by atoms with Crippen LogP contribution >= 0.6 is 0 Å². The van der Waals surface area contributed by atoms with Crippen LogP contribution in [0.2, 0.25) is 0 Å². The Morgan fingerprint density at radius 1 is 1.21 bits per heavy atom. The Labute approximate surface area is 137 Å². The van der Waals surface area contributed by atoms with E-state index < -0.39 is 0 Å². The van der Waals surface area contributed by atoms with E-state index in [2.05, 4.69) is 34.3 Å². The summed E-state index contributed by atoms with van der Waals surface area (Å²) in [6.07, 6.45) is 5.44. The molecule has 0 unspecified atom stereocenters. The number of aromatic nitrogens is 3. The highest BCUT2D eigenvalue weighted by Crippen LogP contribution is 2.21. The Bertz CT molecular complexity index is 992. The van der Waals surface area contributed by atoms with Crippen molar-refractivity contribution < 1.29 is 8.81 Å². The molecule has 0 aliphatic rings. The average molecular weight is 322 g/mol. The van der Waals surface area contributed by atoms with Crippen LogP contribution in [0.5, 0.6) is 0 Å². The van der Waals surface area contributed by atoms with Crippen molar-refractivity contribution >= 4 is 17.1 Å². The maximum atomic E-state index is 13.2. The van der Waals surface area contributed by atoms with Crippen molar-refractivity contribution in [1.82, 2.24) is 14.5 Å². The fourth-order valence-electron chi connectivity index (χ4n) is 2.60. The van der Waals surface area contributed by atoms with Gasteiger partial charge in [-0.25, -0.2) is 9.37 Å². The summed E-state index contributed by atoms with van der Waals surface area (Å²) in [5.74, 6) is -0.328. The predicted octanol–water partition coefficient (Wildman–Crippen LogP) is 4.07. The molecule has 24 heavy (non-hydrogen) atoms. The van der Waals surface area contributed by atoms with E-state index in [1.807, 2.05) is 16.8 Å². The minimum Gasteiger partial charge on any atom is -0.424 e. The summed E-state index contributed by atoms with van der Waals surface area (Å²) in [5.41, 5.74) is 4.38. The zero-order valence-electron chi connectivity index (χ0n) is 13.0. The van der Waals surface area contributed by atoms with E-state index in [1.54, 1.807) is 18.6 Å². The first kappa shape index (κ1) is 14.4. The first-order chi connectivity index (χ1) is 11.7. The van der Waals surface area contributed by atoms with E-state index in [0.29, 0.717) is 23.7 Å². The lowest BCUT2D eigenvalue weighted by Crippen LogP contribution is -2.02. The number of nitrogens with zero attached hydrogens (tertiary/aromatic N) is 3. The molecule has 4 aromatic rings. The number of nitrogens with one attached hydrogen (secondary N) is 1. The summed E-state index contributed by atoms with van der Waals surface area (Å²) >= 11 is 0. The van der Waals surface area contributed by atoms with Crippen molar-refractivity contribution in [3.63, 3.8) is 0 Å². The van der Waals surface area contributed by atoms with E-state index in [-0.39, 0.29) is 5.82 Å². The van der Waals surface area contributed by atoms with E-state index in [9.17, 15) is 4.39 Å². The molecule has 120 valence electrons. The third-order valence-electron chi connectivity index (χ3n) is 3.85. The van der Waals surface area contributed by atoms with Gasteiger partial charge in [0.15, 0.2) is 5.58 Å². The Balaban J connectivity index is 1.55. The first-order valence-electron chi connectivity index (χ1n) is 7.57. The Hall–Kier alpha value is -3.15. The summed E-state index contributed by atoms with van der Waals surface area (Å²) in [4.78, 5) is 8.33. The molecule has 0 aliphatic heterocycles. The SMILES string of the molecule is Cc1ccc(CNc2nc3cc(F)ccc3o2)cc1-n1ccnc1. The van der Waals surface area contributed by atoms with Gasteiger partial charge in [0.05, 0.1) is 6.33 Å². The molecule has 0 spiro atoms. The number of benzene rings is 2. The van der Waals surface area contributed by atoms with Gasteiger partial charge in [0.1, 0.15) is 11.3 Å². The van der Waals surface area contributed by atoms with Crippen LogP contribution in [0.25, 0.3) is 16.8 Å². The predicted molar refractivity (Wildman–Crippen MR) is 89.6 cm³/mol. The van der Waals surface area contributed by atoms with Crippen molar-refractivity contribution in [2.45, 2.75) is 13.5 Å². The molecule has 0 saturated carbocycles. The quantitative estimate of drug-likeness (QED) is 0.615. The minimum absolute atomic E-state index is 0.328. The second-order valence-corrected chi connectivity index (χ2v) is 5.58. The summed E-state index contributed by atoms with van der Waals surface area (Å²) in [7, 11) is 0. The largest absolute Gasteiger partial charge is 0.424 e. The van der Waals surface area contributed by atoms with Gasteiger partial charge in [-0.2, -0.15) is 4.98 Å². The lowest BCUT2D eigenvalue weighted by Gasteiger charge is -2.09. The highest BCUT2D eigenvalue weighted by molar-refractivity contribution is 5.74. The van der Waals surface area contributed by atoms with Gasteiger partial charge >= 0.3 is 0 Å². The van der Waals surface area contributed by atoms with Crippen molar-refractivity contribution in [3.8, 4) is 5.69 Å². The van der Waals surface area contributed by atoms with Crippen LogP contribution in [-0.2, 0) is 6.54 Å². The van der Waals surface area contributed by atoms with E-state index in [0.717, 1.165) is 16.8 Å². The number of fused-ring (bicyclic) bond motifs is 1. The summed E-state index contributed by atoms with van der Waals surface area (Å²) in [5, 5.41) is 3.14. The number of imidazole rings is 1. The second kappa shape index (κ2) is 5.81. The molecule has 4 rings (SSSR count). The minimum atomic E-state index is -0.328. The number of halogens is 1. The van der Waals surface area contributed by atoms with Crippen LogP contribution in [-0.4, -0.2) is 14.5 Å². The monoisotopic (exact) mass is 322 g/mol. The molecule has 0 aliphatic carbocycles. The highest BCUT2D eigenvalue weighted by Gasteiger charge is 2.07. The van der Waals surface area contributed by atoms with Gasteiger partial charge in [-0.3, -0.25) is 0 Å². The molecule has 2 heterocycles. The van der Waals surface area contributed by atoms with Gasteiger partial charge in [0.2, 0.25) is 0 Å². The fraction of sp³-hybridized carbons (Fsp3) is 0.111. The highest BCUT2D eigenvalue weighted by atomic mass is 19.1. The van der Waals surface area contributed by atoms with Crippen LogP contribution < -0.4 is 5.32 Å². The van der Waals surface area contributed by atoms with Gasteiger partial charge in [-0.05, 0) is 36.2 Å². The molecular weight excluding hydrogens is 307 g/mol. The Morgan fingerprint density at radius 3 is 2.96 bits per heavy atom. The Morgan fingerprint density at radius 2 is 2.12 bits per heavy atom. The number of anilines is 1. The smallest absolute Gasteiger partial charge is 0.295 e. The standard InChI is InChI=1S/C18H15FN4O/c1-12-2-3-13(8-16(12)23-7-6-20-11-23)10-21-18-22-15-9-14(19)4-5-17(15)24-18/h2-9,11H,10H2,1H3,(H,21,22). The van der Waals surface area contributed by atoms with Crippen molar-refractivity contribution in [3.05, 3.63) is 72.1 Å². The number of oxazole rings is 1. The average Bonchev–Trinajstić information content (AvgIpc) is 3.22. The molecule has 2 aromatic heterocycles. The van der Waals surface area contributed by atoms with Gasteiger partial charge in [-0.15, -0.1) is 0 Å². The second-order valence-electron chi connectivity index (χ2n) is 5.58. The fourth-order valence-corrected chi connectivity index (χ4v) is 2.60. The van der Waals surface area contributed by atoms with E-state index in [4.69, 9.17) is 4.42 Å². The molecule has 0 atom stereocenters. The molecule has 5 nitrogen and oxygen atoms in total. The van der Waals surface area contributed by atoms with Crippen molar-refractivity contribution in [1.29, 1.82) is 0 Å². The zero-order valence-corrected chi connectivity index (χ0v) is 13.0. The van der Waals surface area contributed by atoms with Crippen LogP contribution in [0.3, 0.4) is 0 Å². The third-order valence-corrected chi connectivity index (χ3v) is 3.85. The summed E-state index contributed by atoms with van der Waals surface area (Å²) in [6, 6.07) is 10.9. The van der Waals surface area contributed by atoms with Gasteiger partial charge in [0.25, 0.3) is 6.01 Å². The lowest BCUT2D eigenvalue weighted by atomic mass is 10.1. The third kappa shape index (κ3) is 2.74. The van der Waals surface area contributed by atoms with E-state index >= 15 is 0 Å². The maximum Gasteiger partial charge on any atom is 0.295 e. The molecule has 6 heteroatoms. The van der Waals surface area contributed by atoms with Gasteiger partial charge in [0, 0.05) is 30.7 Å². The molecule has 0 saturated heterocycles. The van der Waals surface area contributed by atoms with Crippen LogP contribution in [0.1, 0.15) is 11.1 Å². The van der Waals surface area contributed by atoms with Crippen molar-refractivity contribution in [2.75, 3.05) is 5.32 Å².